The fourth-order valence-electron chi connectivity index (χ4n) is 2.99. The molecule has 1 aliphatic heterocycles. The topological polar surface area (TPSA) is 80.0 Å². The Morgan fingerprint density at radius 1 is 1.00 bits per heavy atom. The Hall–Kier alpha value is -3.13. The van der Waals surface area contributed by atoms with Crippen LogP contribution in [0.25, 0.3) is 5.82 Å². The zero-order valence-corrected chi connectivity index (χ0v) is 14.3. The van der Waals surface area contributed by atoms with E-state index in [9.17, 15) is 4.79 Å². The molecule has 0 aromatic carbocycles. The van der Waals surface area contributed by atoms with Crippen molar-refractivity contribution in [3.63, 3.8) is 0 Å². The number of hydrogen-bond donors (Lipinski definition) is 0. The van der Waals surface area contributed by atoms with Gasteiger partial charge in [-0.2, -0.15) is 0 Å². The largest absolute Gasteiger partial charge is 0.335 e. The fraction of sp³-hybridized carbons (Fsp3) is 0.278. The smallest absolute Gasteiger partial charge is 0.274 e. The standard InChI is InChI=1S/C18H19N7O/c26-18(16-3-4-17(22-21-16)25-7-6-20-14-25)24-10-8-23(9-11-24)13-15-2-1-5-19-12-15/h1-7,12,14H,8-11,13H2. The number of nitrogens with zero attached hydrogens (tertiary/aromatic N) is 7. The number of pyridine rings is 1. The maximum absolute atomic E-state index is 12.6. The van der Waals surface area contributed by atoms with Gasteiger partial charge in [0.25, 0.3) is 5.91 Å². The number of amides is 1. The van der Waals surface area contributed by atoms with E-state index in [1.54, 1.807) is 41.6 Å². The second-order valence-corrected chi connectivity index (χ2v) is 6.18. The molecule has 4 heterocycles. The molecule has 8 heteroatoms. The predicted octanol–water partition coefficient (Wildman–Crippen LogP) is 1.02. The molecular weight excluding hydrogens is 330 g/mol. The third kappa shape index (κ3) is 3.60. The minimum absolute atomic E-state index is 0.0734. The lowest BCUT2D eigenvalue weighted by Crippen LogP contribution is -2.48. The molecule has 0 atom stereocenters. The quantitative estimate of drug-likeness (QED) is 0.699. The van der Waals surface area contributed by atoms with Crippen molar-refractivity contribution in [3.05, 3.63) is 66.6 Å². The van der Waals surface area contributed by atoms with Gasteiger partial charge in [-0.15, -0.1) is 10.2 Å². The first-order chi connectivity index (χ1) is 12.8. The molecule has 1 saturated heterocycles. The lowest BCUT2D eigenvalue weighted by molar-refractivity contribution is 0.0621. The monoisotopic (exact) mass is 349 g/mol. The molecule has 132 valence electrons. The third-order valence-corrected chi connectivity index (χ3v) is 4.43. The van der Waals surface area contributed by atoms with Gasteiger partial charge in [-0.3, -0.25) is 19.2 Å². The first-order valence-corrected chi connectivity index (χ1v) is 8.52. The Kier molecular flexibility index (Phi) is 4.65. The number of hydrogen-bond acceptors (Lipinski definition) is 6. The van der Waals surface area contributed by atoms with E-state index in [4.69, 9.17) is 0 Å². The summed E-state index contributed by atoms with van der Waals surface area (Å²) in [6.07, 6.45) is 8.76. The lowest BCUT2D eigenvalue weighted by atomic mass is 10.2. The maximum atomic E-state index is 12.6. The molecule has 0 bridgehead atoms. The van der Waals surface area contributed by atoms with Gasteiger partial charge >= 0.3 is 0 Å². The first-order valence-electron chi connectivity index (χ1n) is 8.52. The highest BCUT2D eigenvalue weighted by Crippen LogP contribution is 2.11. The minimum atomic E-state index is -0.0734. The van der Waals surface area contributed by atoms with Crippen molar-refractivity contribution in [2.24, 2.45) is 0 Å². The molecule has 26 heavy (non-hydrogen) atoms. The highest BCUT2D eigenvalue weighted by Gasteiger charge is 2.23. The SMILES string of the molecule is O=C(c1ccc(-n2ccnc2)nn1)N1CCN(Cc2cccnc2)CC1. The van der Waals surface area contributed by atoms with Crippen LogP contribution in [-0.4, -0.2) is 66.6 Å². The van der Waals surface area contributed by atoms with E-state index < -0.39 is 0 Å². The average Bonchev–Trinajstić information content (AvgIpc) is 3.24. The molecule has 0 aliphatic carbocycles. The zero-order chi connectivity index (χ0) is 17.8. The van der Waals surface area contributed by atoms with Crippen molar-refractivity contribution in [1.29, 1.82) is 0 Å². The number of carbonyl (C=O) groups is 1. The van der Waals surface area contributed by atoms with Crippen LogP contribution in [0.5, 0.6) is 0 Å². The van der Waals surface area contributed by atoms with Crippen molar-refractivity contribution >= 4 is 5.91 Å². The van der Waals surface area contributed by atoms with Crippen LogP contribution in [0.2, 0.25) is 0 Å². The van der Waals surface area contributed by atoms with Crippen LogP contribution in [0.1, 0.15) is 16.1 Å². The van der Waals surface area contributed by atoms with Crippen molar-refractivity contribution in [3.8, 4) is 5.82 Å². The Bertz CT molecular complexity index is 841. The summed E-state index contributed by atoms with van der Waals surface area (Å²) in [5, 5.41) is 8.20. The van der Waals surface area contributed by atoms with E-state index >= 15 is 0 Å². The van der Waals surface area contributed by atoms with Crippen LogP contribution in [0, 0.1) is 0 Å². The Labute approximate surface area is 151 Å². The summed E-state index contributed by atoms with van der Waals surface area (Å²) < 4.78 is 1.75. The van der Waals surface area contributed by atoms with E-state index in [0.29, 0.717) is 24.6 Å². The van der Waals surface area contributed by atoms with Crippen LogP contribution in [0.3, 0.4) is 0 Å². The molecule has 1 fully saturated rings. The van der Waals surface area contributed by atoms with Gasteiger partial charge in [0.2, 0.25) is 0 Å². The lowest BCUT2D eigenvalue weighted by Gasteiger charge is -2.34. The normalized spacial score (nSPS) is 15.2. The van der Waals surface area contributed by atoms with Crippen molar-refractivity contribution in [2.75, 3.05) is 26.2 Å². The molecule has 0 saturated carbocycles. The van der Waals surface area contributed by atoms with Crippen LogP contribution in [0.15, 0.2) is 55.4 Å². The van der Waals surface area contributed by atoms with E-state index in [2.05, 4.69) is 31.1 Å². The number of carbonyl (C=O) groups excluding carboxylic acids is 1. The molecule has 4 rings (SSSR count). The zero-order valence-electron chi connectivity index (χ0n) is 14.3. The summed E-state index contributed by atoms with van der Waals surface area (Å²) in [6, 6.07) is 7.51. The third-order valence-electron chi connectivity index (χ3n) is 4.43. The highest BCUT2D eigenvalue weighted by molar-refractivity contribution is 5.92. The molecular formula is C18H19N7O. The fourth-order valence-corrected chi connectivity index (χ4v) is 2.99. The van der Waals surface area contributed by atoms with Crippen molar-refractivity contribution < 1.29 is 4.79 Å². The van der Waals surface area contributed by atoms with Crippen LogP contribution in [0.4, 0.5) is 0 Å². The molecule has 8 nitrogen and oxygen atoms in total. The molecule has 3 aromatic heterocycles. The maximum Gasteiger partial charge on any atom is 0.274 e. The second kappa shape index (κ2) is 7.40. The summed E-state index contributed by atoms with van der Waals surface area (Å²) in [5.74, 6) is 0.566. The molecule has 0 unspecified atom stereocenters. The van der Waals surface area contributed by atoms with Gasteiger partial charge in [-0.05, 0) is 23.8 Å². The minimum Gasteiger partial charge on any atom is -0.335 e. The molecule has 0 N–H and O–H groups in total. The molecule has 0 radical (unpaired) electrons. The molecule has 3 aromatic rings. The van der Waals surface area contributed by atoms with E-state index in [1.807, 2.05) is 17.2 Å². The van der Waals surface area contributed by atoms with E-state index in [0.717, 1.165) is 19.6 Å². The number of rotatable bonds is 4. The van der Waals surface area contributed by atoms with Gasteiger partial charge in [0, 0.05) is 57.5 Å². The van der Waals surface area contributed by atoms with Gasteiger partial charge < -0.3 is 4.90 Å². The van der Waals surface area contributed by atoms with Crippen LogP contribution in [-0.2, 0) is 6.54 Å². The van der Waals surface area contributed by atoms with Gasteiger partial charge in [0.05, 0.1) is 0 Å². The van der Waals surface area contributed by atoms with Crippen molar-refractivity contribution in [2.45, 2.75) is 6.54 Å². The van der Waals surface area contributed by atoms with Gasteiger partial charge in [0.1, 0.15) is 6.33 Å². The summed E-state index contributed by atoms with van der Waals surface area (Å²) in [6.45, 7) is 3.89. The Morgan fingerprint density at radius 3 is 2.54 bits per heavy atom. The molecule has 1 amide bonds. The van der Waals surface area contributed by atoms with Crippen LogP contribution < -0.4 is 0 Å². The molecule has 0 spiro atoms. The Morgan fingerprint density at radius 2 is 1.88 bits per heavy atom. The predicted molar refractivity (Wildman–Crippen MR) is 94.6 cm³/mol. The Balaban J connectivity index is 1.34. The van der Waals surface area contributed by atoms with Crippen molar-refractivity contribution in [1.82, 2.24) is 34.5 Å². The van der Waals surface area contributed by atoms with Crippen LogP contribution >= 0.6 is 0 Å². The molecule has 1 aliphatic rings. The van der Waals surface area contributed by atoms with Gasteiger partial charge in [-0.25, -0.2) is 4.98 Å². The summed E-state index contributed by atoms with van der Waals surface area (Å²) in [4.78, 5) is 24.9. The second-order valence-electron chi connectivity index (χ2n) is 6.18. The van der Waals surface area contributed by atoms with Gasteiger partial charge in [0.15, 0.2) is 11.5 Å². The number of piperazine rings is 1. The average molecular weight is 349 g/mol. The number of imidazole rings is 1. The summed E-state index contributed by atoms with van der Waals surface area (Å²) in [7, 11) is 0. The summed E-state index contributed by atoms with van der Waals surface area (Å²) >= 11 is 0. The van der Waals surface area contributed by atoms with Gasteiger partial charge in [-0.1, -0.05) is 6.07 Å². The number of aromatic nitrogens is 5. The summed E-state index contributed by atoms with van der Waals surface area (Å²) in [5.41, 5.74) is 1.56. The van der Waals surface area contributed by atoms with E-state index in [1.165, 1.54) is 5.56 Å². The highest BCUT2D eigenvalue weighted by atomic mass is 16.2. The van der Waals surface area contributed by atoms with E-state index in [-0.39, 0.29) is 5.91 Å². The first kappa shape index (κ1) is 16.3.